The van der Waals surface area contributed by atoms with Crippen molar-refractivity contribution in [3.63, 3.8) is 0 Å². The number of rotatable bonds is 2. The molecule has 2 aliphatic heterocycles. The molecule has 5 nitrogen and oxygen atoms in total. The van der Waals surface area contributed by atoms with Crippen LogP contribution >= 0.6 is 12.4 Å². The molecule has 1 fully saturated rings. The number of aryl methyl sites for hydroxylation is 1. The predicted molar refractivity (Wildman–Crippen MR) is 122 cm³/mol. The number of sulfone groups is 1. The molecular weight excluding hydrogens is 475 g/mol. The summed E-state index contributed by atoms with van der Waals surface area (Å²) in [6.07, 6.45) is -0.344. The molecule has 174 valence electrons. The number of hydrogen-bond acceptors (Lipinski definition) is 3. The van der Waals surface area contributed by atoms with Crippen LogP contribution in [0.2, 0.25) is 0 Å². The predicted octanol–water partition coefficient (Wildman–Crippen LogP) is 5.28. The molecule has 0 spiro atoms. The minimum atomic E-state index is -4.68. The second-order valence-electron chi connectivity index (χ2n) is 8.71. The summed E-state index contributed by atoms with van der Waals surface area (Å²) < 4.78 is 69.9. The summed E-state index contributed by atoms with van der Waals surface area (Å²) in [5.41, 5.74) is 2.14. The second-order valence-corrected chi connectivity index (χ2v) is 10.7. The van der Waals surface area contributed by atoms with Gasteiger partial charge in [-0.15, -0.1) is 12.4 Å². The molecule has 1 saturated heterocycles. The van der Waals surface area contributed by atoms with Crippen LogP contribution in [0.15, 0.2) is 52.4 Å². The lowest BCUT2D eigenvalue weighted by Crippen LogP contribution is -2.32. The summed E-state index contributed by atoms with van der Waals surface area (Å²) >= 11 is 0. The zero-order chi connectivity index (χ0) is 22.4. The highest BCUT2D eigenvalue weighted by molar-refractivity contribution is 7.91. The van der Waals surface area contributed by atoms with Crippen molar-refractivity contribution in [2.45, 2.75) is 47.3 Å². The Balaban J connectivity index is 0.00000228. The van der Waals surface area contributed by atoms with Gasteiger partial charge in [0.2, 0.25) is 9.84 Å². The van der Waals surface area contributed by atoms with Crippen LogP contribution < -0.4 is 5.32 Å². The van der Waals surface area contributed by atoms with Crippen molar-refractivity contribution < 1.29 is 21.6 Å². The molecule has 2 unspecified atom stereocenters. The number of fused-ring (bicyclic) bond motifs is 7. The van der Waals surface area contributed by atoms with Gasteiger partial charge in [0.1, 0.15) is 0 Å². The summed E-state index contributed by atoms with van der Waals surface area (Å²) in [7, 11) is -2.18. The summed E-state index contributed by atoms with van der Waals surface area (Å²) in [5.74, 6) is 0. The third-order valence-electron chi connectivity index (χ3n) is 6.92. The molecule has 0 radical (unpaired) electrons. The Bertz CT molecular complexity index is 1520. The van der Waals surface area contributed by atoms with Crippen molar-refractivity contribution in [2.24, 2.45) is 7.05 Å². The van der Waals surface area contributed by atoms with Crippen LogP contribution in [0.1, 0.15) is 35.7 Å². The van der Waals surface area contributed by atoms with Gasteiger partial charge >= 0.3 is 6.18 Å². The van der Waals surface area contributed by atoms with Crippen LogP contribution in [-0.4, -0.2) is 24.0 Å². The number of benzene rings is 2. The largest absolute Gasteiger partial charge is 0.418 e. The van der Waals surface area contributed by atoms with Crippen LogP contribution in [0.4, 0.5) is 13.2 Å². The molecule has 4 aromatic rings. The zero-order valence-corrected chi connectivity index (χ0v) is 19.2. The van der Waals surface area contributed by atoms with E-state index in [0.29, 0.717) is 6.04 Å². The van der Waals surface area contributed by atoms with E-state index in [1.54, 1.807) is 12.1 Å². The first-order valence-corrected chi connectivity index (χ1v) is 11.9. The summed E-state index contributed by atoms with van der Waals surface area (Å²) in [5, 5.41) is 4.65. The summed E-state index contributed by atoms with van der Waals surface area (Å²) in [6, 6.07) is 8.95. The molecule has 2 bridgehead atoms. The molecule has 0 saturated carbocycles. The fraction of sp³-hybridized carbons (Fsp3) is 0.304. The first-order chi connectivity index (χ1) is 15.1. The molecule has 2 aromatic heterocycles. The first kappa shape index (κ1) is 22.3. The monoisotopic (exact) mass is 495 g/mol. The molecular formula is C23H21ClF3N3O2S. The normalized spacial score (nSPS) is 20.2. The number of nitrogens with one attached hydrogen (secondary N) is 2. The Labute approximate surface area is 194 Å². The quantitative estimate of drug-likeness (QED) is 0.397. The van der Waals surface area contributed by atoms with E-state index in [0.717, 1.165) is 41.8 Å². The van der Waals surface area contributed by atoms with E-state index >= 15 is 0 Å². The molecule has 2 N–H and O–H groups in total. The average molecular weight is 496 g/mol. The zero-order valence-electron chi connectivity index (χ0n) is 17.5. The maximum absolute atomic E-state index is 13.6. The number of hydrogen-bond donors (Lipinski definition) is 2. The van der Waals surface area contributed by atoms with Crippen molar-refractivity contribution in [3.8, 4) is 0 Å². The van der Waals surface area contributed by atoms with Gasteiger partial charge in [0, 0.05) is 53.7 Å². The van der Waals surface area contributed by atoms with Gasteiger partial charge in [0.25, 0.3) is 0 Å². The molecule has 6 rings (SSSR count). The second kappa shape index (κ2) is 7.25. The molecule has 2 atom stereocenters. The molecule has 10 heteroatoms. The van der Waals surface area contributed by atoms with E-state index < -0.39 is 21.6 Å². The highest BCUT2D eigenvalue weighted by Crippen LogP contribution is 2.43. The third-order valence-corrected chi connectivity index (χ3v) is 8.65. The van der Waals surface area contributed by atoms with Gasteiger partial charge in [0.15, 0.2) is 0 Å². The maximum Gasteiger partial charge on any atom is 0.418 e. The lowest BCUT2D eigenvalue weighted by atomic mass is 9.99. The number of aromatic amines is 1. The molecule has 0 aliphatic carbocycles. The van der Waals surface area contributed by atoms with Crippen molar-refractivity contribution in [1.82, 2.24) is 14.9 Å². The molecule has 2 aromatic carbocycles. The topological polar surface area (TPSA) is 66.9 Å². The highest BCUT2D eigenvalue weighted by atomic mass is 35.5. The van der Waals surface area contributed by atoms with Crippen LogP contribution in [0.5, 0.6) is 0 Å². The van der Waals surface area contributed by atoms with E-state index in [1.165, 1.54) is 30.1 Å². The highest BCUT2D eigenvalue weighted by Gasteiger charge is 2.37. The average Bonchev–Trinajstić information content (AvgIpc) is 3.44. The number of aromatic nitrogens is 2. The Morgan fingerprint density at radius 1 is 1.06 bits per heavy atom. The Morgan fingerprint density at radius 3 is 2.61 bits per heavy atom. The van der Waals surface area contributed by atoms with Gasteiger partial charge < -0.3 is 14.9 Å². The summed E-state index contributed by atoms with van der Waals surface area (Å²) in [6.45, 7) is 0. The Morgan fingerprint density at radius 2 is 1.85 bits per heavy atom. The minimum Gasteiger partial charge on any atom is -0.361 e. The van der Waals surface area contributed by atoms with Gasteiger partial charge in [-0.3, -0.25) is 0 Å². The van der Waals surface area contributed by atoms with E-state index in [9.17, 15) is 21.6 Å². The van der Waals surface area contributed by atoms with E-state index in [1.807, 2.05) is 7.05 Å². The first-order valence-electron chi connectivity index (χ1n) is 10.5. The van der Waals surface area contributed by atoms with Crippen molar-refractivity contribution in [3.05, 3.63) is 59.4 Å². The number of H-pyrrole nitrogens is 1. The van der Waals surface area contributed by atoms with Crippen LogP contribution in [0.25, 0.3) is 21.8 Å². The number of alkyl halides is 3. The van der Waals surface area contributed by atoms with E-state index in [-0.39, 0.29) is 39.1 Å². The van der Waals surface area contributed by atoms with Gasteiger partial charge in [0.05, 0.1) is 20.9 Å². The Kier molecular flexibility index (Phi) is 4.90. The van der Waals surface area contributed by atoms with E-state index in [4.69, 9.17) is 0 Å². The van der Waals surface area contributed by atoms with Crippen molar-refractivity contribution in [2.75, 3.05) is 0 Å². The summed E-state index contributed by atoms with van der Waals surface area (Å²) in [4.78, 5) is 2.21. The smallest absolute Gasteiger partial charge is 0.361 e. The molecule has 0 amide bonds. The standard InChI is InChI=1S/C23H20F3N3O2S.ClH/c1-29-19-5-3-14(10-16(19)21-18-4-2-13(28-18)9-20(21)29)32(30,31)15-8-12-6-7-27-22(12)17(11-15)23(24,25)26;/h3,5-8,10-11,13,18,27-28H,2,4,9H2,1H3;1H. The van der Waals surface area contributed by atoms with Gasteiger partial charge in [-0.25, -0.2) is 8.42 Å². The third kappa shape index (κ3) is 3.20. The Hall–Kier alpha value is -2.49. The van der Waals surface area contributed by atoms with Crippen molar-refractivity contribution in [1.29, 1.82) is 0 Å². The molecule has 33 heavy (non-hydrogen) atoms. The van der Waals surface area contributed by atoms with E-state index in [2.05, 4.69) is 14.9 Å². The SMILES string of the molecule is Cl.Cn1c2c(c3cc(S(=O)(=O)c4cc(C(F)(F)F)c5[nH]ccc5c4)ccc31)C1CCC(C2)N1. The fourth-order valence-electron chi connectivity index (χ4n) is 5.41. The molecule has 2 aliphatic rings. The lowest BCUT2D eigenvalue weighted by Gasteiger charge is -2.23. The van der Waals surface area contributed by atoms with Gasteiger partial charge in [-0.1, -0.05) is 0 Å². The lowest BCUT2D eigenvalue weighted by molar-refractivity contribution is -0.136. The number of nitrogens with zero attached hydrogens (tertiary/aromatic N) is 1. The van der Waals surface area contributed by atoms with Crippen molar-refractivity contribution >= 4 is 44.1 Å². The minimum absolute atomic E-state index is 0. The van der Waals surface area contributed by atoms with Gasteiger partial charge in [-0.05, 0) is 54.8 Å². The number of halogens is 4. The van der Waals surface area contributed by atoms with Crippen LogP contribution in [0, 0.1) is 0 Å². The molecule has 4 heterocycles. The van der Waals surface area contributed by atoms with Crippen LogP contribution in [-0.2, 0) is 29.5 Å². The van der Waals surface area contributed by atoms with Gasteiger partial charge in [-0.2, -0.15) is 13.2 Å². The maximum atomic E-state index is 13.6. The van der Waals surface area contributed by atoms with Crippen LogP contribution in [0.3, 0.4) is 0 Å². The fourth-order valence-corrected chi connectivity index (χ4v) is 6.76.